The normalized spacial score (nSPS) is 11.9. The first kappa shape index (κ1) is 95.9. The van der Waals surface area contributed by atoms with Gasteiger partial charge in [0.2, 0.25) is 0 Å². The van der Waals surface area contributed by atoms with Crippen molar-refractivity contribution >= 4 is 90.7 Å². The topological polar surface area (TPSA) is 114 Å². The van der Waals surface area contributed by atoms with Crippen LogP contribution in [-0.2, 0) is 45.9 Å². The van der Waals surface area contributed by atoms with Crippen LogP contribution in [0.15, 0.2) is 70.5 Å². The van der Waals surface area contributed by atoms with Crippen molar-refractivity contribution in [3.05, 3.63) is 82.9 Å². The minimum absolute atomic E-state index is 0. The summed E-state index contributed by atoms with van der Waals surface area (Å²) in [7, 11) is -9.01. The van der Waals surface area contributed by atoms with Crippen LogP contribution < -0.4 is 0 Å². The molecule has 6 nitrogen and oxygen atoms in total. The molecule has 0 fully saturated rings. The van der Waals surface area contributed by atoms with Crippen LogP contribution >= 0.6 is 0 Å². The average molecular weight is 1560 g/mol. The molecule has 0 radical (unpaired) electrons. The summed E-state index contributed by atoms with van der Waals surface area (Å²) in [4.78, 5) is -0.0176. The molecule has 0 aliphatic carbocycles. The number of rotatable bonds is 70. The fourth-order valence-corrected chi connectivity index (χ4v) is 17.1. The Morgan fingerprint density at radius 3 is 0.545 bits per heavy atom. The molecule has 9 heteroatoms. The van der Waals surface area contributed by atoms with Gasteiger partial charge in [-0.15, -0.1) is 0 Å². The van der Waals surface area contributed by atoms with Gasteiger partial charge in [-0.25, -0.2) is 16.8 Å². The van der Waals surface area contributed by atoms with Gasteiger partial charge in [0, 0.05) is 0 Å². The van der Waals surface area contributed by atoms with Gasteiger partial charge in [-0.2, -0.15) is 0 Å². The molecule has 0 N–H and O–H groups in total. The Morgan fingerprint density at radius 1 is 0.218 bits per heavy atom. The van der Waals surface area contributed by atoms with Crippen LogP contribution in [0.4, 0.5) is 0 Å². The van der Waals surface area contributed by atoms with Crippen molar-refractivity contribution < 1.29 is 25.9 Å². The zero-order chi connectivity index (χ0) is 71.9. The molecular weight excluding hydrogens is 1400 g/mol. The molecule has 0 atom stereocenters. The van der Waals surface area contributed by atoms with Gasteiger partial charge in [-0.05, 0) is 119 Å². The van der Waals surface area contributed by atoms with Crippen LogP contribution in [0.2, 0.25) is 0 Å². The van der Waals surface area contributed by atoms with Crippen LogP contribution in [0, 0.1) is 0 Å². The molecule has 101 heavy (non-hydrogen) atoms. The maximum Gasteiger partial charge on any atom is 2.00 e. The van der Waals surface area contributed by atoms with Crippen LogP contribution in [0.25, 0.3) is 21.5 Å². The minimum atomic E-state index is -4.50. The van der Waals surface area contributed by atoms with E-state index in [2.05, 4.69) is 39.8 Å². The van der Waals surface area contributed by atoms with Crippen molar-refractivity contribution in [2.45, 2.75) is 474 Å². The van der Waals surface area contributed by atoms with Gasteiger partial charge in [0.05, 0.1) is 9.79 Å². The van der Waals surface area contributed by atoms with Crippen molar-refractivity contribution in [3.63, 3.8) is 0 Å². The summed E-state index contributed by atoms with van der Waals surface area (Å²) in [6, 6.07) is 19.7. The molecule has 0 heterocycles. The first-order valence-electron chi connectivity index (χ1n) is 43.9. The second-order valence-electron chi connectivity index (χ2n) is 31.3. The summed E-state index contributed by atoms with van der Waals surface area (Å²) in [6.45, 7) is 9.13. The molecule has 0 saturated carbocycles. The fourth-order valence-electron chi connectivity index (χ4n) is 15.6. The van der Waals surface area contributed by atoms with Crippen LogP contribution in [0.5, 0.6) is 0 Å². The fraction of sp³-hybridized carbons (Fsp3) is 0.783. The van der Waals surface area contributed by atoms with E-state index in [1.54, 1.807) is 12.1 Å². The summed E-state index contributed by atoms with van der Waals surface area (Å²) in [5.41, 5.74) is 4.02. The number of fused-ring (bicyclic) bond motifs is 2. The Labute approximate surface area is 667 Å². The third-order valence-corrected chi connectivity index (χ3v) is 23.9. The SMILES string of the molecule is CCCCCCCCCCCCCCCCCCc1cc2c(CCCCCCCCCCCCCCCCCC)cccc2cc1S(=O)(=O)[O-].CCCCCCCCCCCCCCCCCCc1cc2c(CCCCCCCCCCCCCCCCCC)cccc2cc1S(=O)(=O)[O-].[Ba+2]. The molecule has 4 aromatic rings. The Kier molecular flexibility index (Phi) is 63.5. The summed E-state index contributed by atoms with van der Waals surface area (Å²) in [5.74, 6) is 0. The van der Waals surface area contributed by atoms with E-state index in [-0.39, 0.29) is 58.7 Å². The van der Waals surface area contributed by atoms with Crippen molar-refractivity contribution in [1.29, 1.82) is 0 Å². The summed E-state index contributed by atoms with van der Waals surface area (Å²) < 4.78 is 73.4. The maximum absolute atomic E-state index is 12.2. The predicted octanol–water partition coefficient (Wildman–Crippen LogP) is 30.3. The second-order valence-corrected chi connectivity index (χ2v) is 34.0. The number of unbranched alkanes of at least 4 members (excludes halogenated alkanes) is 60. The molecule has 0 aliphatic rings. The Balaban J connectivity index is 0.000000680. The molecular formula is C92H158BaO6S2. The van der Waals surface area contributed by atoms with E-state index in [1.165, 1.54) is 384 Å². The van der Waals surface area contributed by atoms with E-state index in [0.717, 1.165) is 84.0 Å². The largest absolute Gasteiger partial charge is 2.00 e. The van der Waals surface area contributed by atoms with E-state index >= 15 is 0 Å². The molecule has 4 rings (SSSR count). The van der Waals surface area contributed by atoms with E-state index in [4.69, 9.17) is 0 Å². The molecule has 4 aromatic carbocycles. The summed E-state index contributed by atoms with van der Waals surface area (Å²) in [6.07, 6.45) is 89.2. The van der Waals surface area contributed by atoms with Gasteiger partial charge >= 0.3 is 48.9 Å². The number of aryl methyl sites for hydroxylation is 4. The summed E-state index contributed by atoms with van der Waals surface area (Å²) in [5, 5.41) is 4.02. The molecule has 0 amide bonds. The molecule has 0 aliphatic heterocycles. The maximum atomic E-state index is 12.2. The van der Waals surface area contributed by atoms with Crippen molar-refractivity contribution in [2.75, 3.05) is 0 Å². The number of hydrogen-bond donors (Lipinski definition) is 0. The first-order valence-corrected chi connectivity index (χ1v) is 46.8. The van der Waals surface area contributed by atoms with Gasteiger partial charge in [0.15, 0.2) is 0 Å². The van der Waals surface area contributed by atoms with E-state index < -0.39 is 20.2 Å². The number of benzene rings is 4. The van der Waals surface area contributed by atoms with Gasteiger partial charge in [-0.1, -0.05) is 449 Å². The second kappa shape index (κ2) is 67.0. The first-order chi connectivity index (χ1) is 48.9. The minimum Gasteiger partial charge on any atom is -0.744 e. The van der Waals surface area contributed by atoms with Gasteiger partial charge in [-0.3, -0.25) is 0 Å². The predicted molar refractivity (Wildman–Crippen MR) is 443 cm³/mol. The van der Waals surface area contributed by atoms with E-state index in [9.17, 15) is 25.9 Å². The summed E-state index contributed by atoms with van der Waals surface area (Å²) >= 11 is 0. The zero-order valence-corrected chi connectivity index (χ0v) is 72.9. The van der Waals surface area contributed by atoms with Crippen LogP contribution in [-0.4, -0.2) is 74.8 Å². The molecule has 0 spiro atoms. The number of hydrogen-bond acceptors (Lipinski definition) is 6. The Hall–Kier alpha value is -1.21. The third kappa shape index (κ3) is 50.9. The van der Waals surface area contributed by atoms with E-state index in [1.807, 2.05) is 36.4 Å². The Bertz CT molecular complexity index is 2570. The molecule has 576 valence electrons. The molecule has 0 bridgehead atoms. The third-order valence-electron chi connectivity index (χ3n) is 22.0. The monoisotopic (exact) mass is 1560 g/mol. The smallest absolute Gasteiger partial charge is 0.744 e. The van der Waals surface area contributed by atoms with Crippen molar-refractivity contribution in [2.24, 2.45) is 0 Å². The zero-order valence-electron chi connectivity index (χ0n) is 66.8. The molecule has 0 unspecified atom stereocenters. The van der Waals surface area contributed by atoms with E-state index in [0.29, 0.717) is 12.8 Å². The Morgan fingerprint density at radius 2 is 0.376 bits per heavy atom. The standard InChI is InChI=1S/2C46H80O3S.Ba/c2*1-3-5-7-9-11-13-15-17-19-21-23-25-27-29-31-33-36-42-38-35-39-43-41-46(50(47,48)49)44(40-45(42)43)37-34-32-30-28-26-24-22-20-18-16-14-12-10-8-6-4-2;/h2*35,38-41H,3-34,36-37H2,1-2H3,(H,47,48,49);/q;;+2/p-2. The van der Waals surface area contributed by atoms with Crippen LogP contribution in [0.3, 0.4) is 0 Å². The molecule has 0 aromatic heterocycles. The quantitative estimate of drug-likeness (QED) is 0.0247. The van der Waals surface area contributed by atoms with Crippen molar-refractivity contribution in [1.82, 2.24) is 0 Å². The molecule has 0 saturated heterocycles. The van der Waals surface area contributed by atoms with Crippen LogP contribution in [0.1, 0.15) is 461 Å². The van der Waals surface area contributed by atoms with Crippen molar-refractivity contribution in [3.8, 4) is 0 Å². The van der Waals surface area contributed by atoms with Gasteiger partial charge in [0.25, 0.3) is 0 Å². The van der Waals surface area contributed by atoms with Gasteiger partial charge in [0.1, 0.15) is 20.2 Å². The average Bonchev–Trinajstić information content (AvgIpc) is 0.791. The van der Waals surface area contributed by atoms with Gasteiger partial charge < -0.3 is 9.11 Å².